The van der Waals surface area contributed by atoms with E-state index in [1.165, 1.54) is 0 Å². The molecule has 0 aliphatic carbocycles. The highest BCUT2D eigenvalue weighted by molar-refractivity contribution is 8.06. The highest BCUT2D eigenvalue weighted by atomic mass is 32.5. The normalized spacial score (nSPS) is 10.3. The van der Waals surface area contributed by atoms with Crippen LogP contribution in [0, 0.1) is 0 Å². The highest BCUT2D eigenvalue weighted by Crippen LogP contribution is 2.40. The predicted molar refractivity (Wildman–Crippen MR) is 100 cm³/mol. The molecule has 5 nitrogen and oxygen atoms in total. The smallest absolute Gasteiger partial charge is 0.248 e. The van der Waals surface area contributed by atoms with Gasteiger partial charge in [0.05, 0.1) is 13.2 Å². The monoisotopic (exact) mass is 374 g/mol. The molecule has 3 aromatic rings. The molecule has 25 heavy (non-hydrogen) atoms. The lowest BCUT2D eigenvalue weighted by atomic mass is 10.3. The number of aryl methyl sites for hydroxylation is 1. The van der Waals surface area contributed by atoms with Gasteiger partial charge in [0.25, 0.3) is 0 Å². The Morgan fingerprint density at radius 3 is 1.84 bits per heavy atom. The molecule has 0 fully saturated rings. The van der Waals surface area contributed by atoms with Crippen molar-refractivity contribution in [1.29, 1.82) is 0 Å². The van der Waals surface area contributed by atoms with Crippen LogP contribution in [0.25, 0.3) is 6.20 Å². The van der Waals surface area contributed by atoms with Crippen molar-refractivity contribution in [3.63, 3.8) is 0 Å². The molecule has 7 heteroatoms. The maximum absolute atomic E-state index is 11.9. The molecular formula is C18H19N2O3PS. The third-order valence-electron chi connectivity index (χ3n) is 2.92. The fraction of sp³-hybridized carbons (Fsp3) is 0.0556. The number of para-hydroxylation sites is 2. The summed E-state index contributed by atoms with van der Waals surface area (Å²) in [6.45, 7) is 0.0409. The third-order valence-corrected chi connectivity index (χ3v) is 4.24. The van der Waals surface area contributed by atoms with E-state index >= 15 is 0 Å². The Hall–Kier alpha value is -2.40. The molecule has 0 amide bonds. The average molecular weight is 374 g/mol. The molecule has 1 heterocycles. The van der Waals surface area contributed by atoms with Crippen LogP contribution in [0.5, 0.6) is 11.5 Å². The van der Waals surface area contributed by atoms with Crippen LogP contribution in [0.4, 0.5) is 0 Å². The van der Waals surface area contributed by atoms with Gasteiger partial charge in [-0.3, -0.25) is 0 Å². The largest absolute Gasteiger partial charge is 0.760 e. The van der Waals surface area contributed by atoms with Crippen LogP contribution in [-0.4, -0.2) is 4.57 Å². The summed E-state index contributed by atoms with van der Waals surface area (Å²) in [6, 6.07) is 17.4. The minimum Gasteiger partial charge on any atom is -0.760 e. The fourth-order valence-corrected chi connectivity index (χ4v) is 3.13. The predicted octanol–water partition coefficient (Wildman–Crippen LogP) is 3.14. The first-order valence-electron chi connectivity index (χ1n) is 7.44. The molecule has 0 saturated heterocycles. The van der Waals surface area contributed by atoms with Crippen molar-refractivity contribution in [3.8, 4) is 11.5 Å². The molecule has 0 radical (unpaired) electrons. The maximum atomic E-state index is 11.9. The second kappa shape index (κ2) is 9.18. The van der Waals surface area contributed by atoms with Gasteiger partial charge < -0.3 is 13.9 Å². The lowest BCUT2D eigenvalue weighted by molar-refractivity contribution is -0.670. The SMILES string of the molecule is C=Cn1cc[n+](C)c1.[O-]P(=S)(Oc1ccccc1)Oc1ccccc1. The van der Waals surface area contributed by atoms with Crippen molar-refractivity contribution in [3.05, 3.63) is 86.0 Å². The van der Waals surface area contributed by atoms with Crippen molar-refractivity contribution in [2.75, 3.05) is 0 Å². The third kappa shape index (κ3) is 6.93. The van der Waals surface area contributed by atoms with Crippen molar-refractivity contribution in [2.24, 2.45) is 7.05 Å². The lowest BCUT2D eigenvalue weighted by Crippen LogP contribution is -2.23. The van der Waals surface area contributed by atoms with E-state index in [0.717, 1.165) is 0 Å². The topological polar surface area (TPSA) is 50.3 Å². The number of rotatable bonds is 5. The van der Waals surface area contributed by atoms with Crippen LogP contribution in [0.3, 0.4) is 0 Å². The van der Waals surface area contributed by atoms with Crippen molar-refractivity contribution in [2.45, 2.75) is 0 Å². The van der Waals surface area contributed by atoms with E-state index in [9.17, 15) is 4.89 Å². The Bertz CT molecular complexity index is 792. The Balaban J connectivity index is 0.000000236. The van der Waals surface area contributed by atoms with Crippen LogP contribution < -0.4 is 18.5 Å². The van der Waals surface area contributed by atoms with Crippen molar-refractivity contribution in [1.82, 2.24) is 4.57 Å². The Labute approximate surface area is 152 Å². The van der Waals surface area contributed by atoms with Gasteiger partial charge in [-0.2, -0.15) is 0 Å². The van der Waals surface area contributed by atoms with E-state index < -0.39 is 6.72 Å². The van der Waals surface area contributed by atoms with Gasteiger partial charge >= 0.3 is 0 Å². The quantitative estimate of drug-likeness (QED) is 0.509. The average Bonchev–Trinajstić information content (AvgIpc) is 3.02. The second-order valence-corrected chi connectivity index (χ2v) is 7.57. The summed E-state index contributed by atoms with van der Waals surface area (Å²) in [6.07, 6.45) is 7.58. The molecule has 3 rings (SSSR count). The van der Waals surface area contributed by atoms with E-state index in [1.54, 1.807) is 54.7 Å². The summed E-state index contributed by atoms with van der Waals surface area (Å²) in [7, 11) is 1.97. The number of imidazole rings is 1. The van der Waals surface area contributed by atoms with Crippen LogP contribution >= 0.6 is 6.72 Å². The molecule has 2 aromatic carbocycles. The number of hydrogen-bond donors (Lipinski definition) is 0. The molecule has 1 aromatic heterocycles. The summed E-state index contributed by atoms with van der Waals surface area (Å²) < 4.78 is 14.2. The number of aromatic nitrogens is 2. The van der Waals surface area contributed by atoms with E-state index in [1.807, 2.05) is 47.0 Å². The van der Waals surface area contributed by atoms with E-state index in [-0.39, 0.29) is 0 Å². The summed E-state index contributed by atoms with van der Waals surface area (Å²) >= 11 is 4.82. The summed E-state index contributed by atoms with van der Waals surface area (Å²) in [4.78, 5) is 11.9. The Morgan fingerprint density at radius 1 is 1.04 bits per heavy atom. The molecule has 0 saturated carbocycles. The zero-order valence-electron chi connectivity index (χ0n) is 13.8. The molecule has 0 unspecified atom stereocenters. The van der Waals surface area contributed by atoms with Gasteiger partial charge in [-0.25, -0.2) is 9.13 Å². The minimum atomic E-state index is -3.55. The van der Waals surface area contributed by atoms with E-state index in [4.69, 9.17) is 20.9 Å². The summed E-state index contributed by atoms with van der Waals surface area (Å²) in [5.74, 6) is 0.864. The molecule has 0 aliphatic rings. The first-order valence-corrected chi connectivity index (χ1v) is 10.00. The molecule has 0 atom stereocenters. The first kappa shape index (κ1) is 18.9. The van der Waals surface area contributed by atoms with Crippen LogP contribution in [-0.2, 0) is 18.9 Å². The Morgan fingerprint density at radius 2 is 1.52 bits per heavy atom. The van der Waals surface area contributed by atoms with Crippen molar-refractivity contribution < 1.29 is 18.5 Å². The van der Waals surface area contributed by atoms with Gasteiger partial charge in [-0.15, -0.1) is 0 Å². The van der Waals surface area contributed by atoms with Crippen molar-refractivity contribution >= 4 is 24.7 Å². The second-order valence-electron chi connectivity index (χ2n) is 4.96. The van der Waals surface area contributed by atoms with Crippen LogP contribution in [0.15, 0.2) is 86.0 Å². The molecular weight excluding hydrogens is 355 g/mol. The van der Waals surface area contributed by atoms with E-state index in [0.29, 0.717) is 11.5 Å². The van der Waals surface area contributed by atoms with Gasteiger partial charge in [0.15, 0.2) is 0 Å². The van der Waals surface area contributed by atoms with Gasteiger partial charge in [0, 0.05) is 0 Å². The van der Waals surface area contributed by atoms with Gasteiger partial charge in [-0.05, 0) is 36.1 Å². The van der Waals surface area contributed by atoms with Gasteiger partial charge in [-0.1, -0.05) is 43.0 Å². The minimum absolute atomic E-state index is 0.432. The zero-order valence-corrected chi connectivity index (χ0v) is 15.5. The van der Waals surface area contributed by atoms with Gasteiger partial charge in [0.2, 0.25) is 13.0 Å². The van der Waals surface area contributed by atoms with Gasteiger partial charge in [0.1, 0.15) is 23.9 Å². The van der Waals surface area contributed by atoms with E-state index in [2.05, 4.69) is 6.58 Å². The summed E-state index contributed by atoms with van der Waals surface area (Å²) in [5.41, 5.74) is 0. The van der Waals surface area contributed by atoms with Crippen LogP contribution in [0.2, 0.25) is 0 Å². The zero-order chi connectivity index (χ0) is 18.1. The lowest BCUT2D eigenvalue weighted by Gasteiger charge is -2.28. The van der Waals surface area contributed by atoms with Crippen LogP contribution in [0.1, 0.15) is 0 Å². The maximum Gasteiger partial charge on any atom is 0.248 e. The number of hydrogen-bond acceptors (Lipinski definition) is 4. The fourth-order valence-electron chi connectivity index (χ4n) is 1.82. The molecule has 0 spiro atoms. The number of nitrogens with zero attached hydrogens (tertiary/aromatic N) is 2. The molecule has 130 valence electrons. The highest BCUT2D eigenvalue weighted by Gasteiger charge is 2.07. The molecule has 0 N–H and O–H groups in total. The standard InChI is InChI=1S/C12H11O3PS.C6H9N2/c13-16(17,14-11-7-3-1-4-8-11)15-12-9-5-2-6-10-12;1-3-8-5-4-7(2)6-8/h1-10H,(H,13,17);3-6H,1H2,2H3/q;+1/p-1. The molecule has 0 aliphatic heterocycles. The summed E-state index contributed by atoms with van der Waals surface area (Å²) in [5, 5.41) is 0. The molecule has 0 bridgehead atoms. The first-order chi connectivity index (χ1) is 12.0. The number of benzene rings is 2. The Kier molecular flexibility index (Phi) is 6.95.